The maximum atomic E-state index is 6.52. The third-order valence-electron chi connectivity index (χ3n) is 3.52. The summed E-state index contributed by atoms with van der Waals surface area (Å²) in [6.07, 6.45) is 0.859. The molecule has 0 spiro atoms. The second-order valence-corrected chi connectivity index (χ2v) is 5.43. The first kappa shape index (κ1) is 11.9. The number of nitrogens with zero attached hydrogens (tertiary/aromatic N) is 1. The molecule has 1 aromatic heterocycles. The molecular formula is C15H16ClNO. The topological polar surface area (TPSA) is 22.1 Å². The van der Waals surface area contributed by atoms with Crippen LogP contribution >= 0.6 is 11.6 Å². The Balaban J connectivity index is 2.34. The Hall–Kier alpha value is -1.12. The van der Waals surface area contributed by atoms with E-state index < -0.39 is 0 Å². The lowest BCUT2D eigenvalue weighted by molar-refractivity contribution is 0.109. The van der Waals surface area contributed by atoms with Crippen molar-refractivity contribution in [1.29, 1.82) is 0 Å². The SMILES string of the molecule is CC(C)c1cccc2c(Cl)c3c(nc12)CCOC3. The van der Waals surface area contributed by atoms with Crippen molar-refractivity contribution in [2.45, 2.75) is 32.8 Å². The van der Waals surface area contributed by atoms with E-state index in [0.717, 1.165) is 40.2 Å². The van der Waals surface area contributed by atoms with Gasteiger partial charge in [0, 0.05) is 17.4 Å². The first-order valence-corrected chi connectivity index (χ1v) is 6.74. The van der Waals surface area contributed by atoms with Crippen LogP contribution in [-0.2, 0) is 17.8 Å². The van der Waals surface area contributed by atoms with E-state index in [0.29, 0.717) is 12.5 Å². The zero-order valence-electron chi connectivity index (χ0n) is 10.7. The highest BCUT2D eigenvalue weighted by molar-refractivity contribution is 6.36. The Bertz CT molecular complexity index is 607. The Morgan fingerprint density at radius 1 is 1.33 bits per heavy atom. The lowest BCUT2D eigenvalue weighted by Gasteiger charge is -2.20. The van der Waals surface area contributed by atoms with Crippen LogP contribution in [0.5, 0.6) is 0 Å². The molecule has 0 amide bonds. The van der Waals surface area contributed by atoms with Gasteiger partial charge < -0.3 is 4.74 Å². The number of fused-ring (bicyclic) bond motifs is 2. The predicted molar refractivity (Wildman–Crippen MR) is 74.2 cm³/mol. The van der Waals surface area contributed by atoms with Crippen molar-refractivity contribution in [3.63, 3.8) is 0 Å². The molecule has 94 valence electrons. The number of benzene rings is 1. The highest BCUT2D eigenvalue weighted by atomic mass is 35.5. The second-order valence-electron chi connectivity index (χ2n) is 5.05. The maximum absolute atomic E-state index is 6.52. The van der Waals surface area contributed by atoms with Crippen LogP contribution in [0.3, 0.4) is 0 Å². The van der Waals surface area contributed by atoms with E-state index in [1.807, 2.05) is 6.07 Å². The highest BCUT2D eigenvalue weighted by Crippen LogP contribution is 2.34. The number of aromatic nitrogens is 1. The van der Waals surface area contributed by atoms with Crippen LogP contribution in [0, 0.1) is 0 Å². The van der Waals surface area contributed by atoms with Crippen molar-refractivity contribution >= 4 is 22.5 Å². The summed E-state index contributed by atoms with van der Waals surface area (Å²) in [5.41, 5.74) is 4.49. The minimum atomic E-state index is 0.454. The number of ether oxygens (including phenoxy) is 1. The normalized spacial score (nSPS) is 15.1. The number of hydrogen-bond donors (Lipinski definition) is 0. The van der Waals surface area contributed by atoms with Gasteiger partial charge in [0.15, 0.2) is 0 Å². The molecule has 3 rings (SSSR count). The molecule has 2 nitrogen and oxygen atoms in total. The molecule has 1 aliphatic rings. The fourth-order valence-electron chi connectivity index (χ4n) is 2.52. The van der Waals surface area contributed by atoms with Crippen LogP contribution in [0.4, 0.5) is 0 Å². The van der Waals surface area contributed by atoms with Crippen molar-refractivity contribution in [2.24, 2.45) is 0 Å². The van der Waals surface area contributed by atoms with Gasteiger partial charge in [-0.2, -0.15) is 0 Å². The van der Waals surface area contributed by atoms with Gasteiger partial charge in [0.25, 0.3) is 0 Å². The molecule has 18 heavy (non-hydrogen) atoms. The largest absolute Gasteiger partial charge is 0.376 e. The van der Waals surface area contributed by atoms with Gasteiger partial charge in [0.1, 0.15) is 0 Å². The molecular weight excluding hydrogens is 246 g/mol. The summed E-state index contributed by atoms with van der Waals surface area (Å²) in [5, 5.41) is 1.87. The summed E-state index contributed by atoms with van der Waals surface area (Å²) in [7, 11) is 0. The standard InChI is InChI=1S/C15H16ClNO/c1-9(2)10-4-3-5-11-14(16)12-8-18-7-6-13(12)17-15(10)11/h3-5,9H,6-8H2,1-2H3. The zero-order chi connectivity index (χ0) is 12.7. The molecule has 0 fully saturated rings. The zero-order valence-corrected chi connectivity index (χ0v) is 11.4. The van der Waals surface area contributed by atoms with Crippen LogP contribution in [-0.4, -0.2) is 11.6 Å². The van der Waals surface area contributed by atoms with Gasteiger partial charge in [0.2, 0.25) is 0 Å². The predicted octanol–water partition coefficient (Wildman–Crippen LogP) is 4.08. The van der Waals surface area contributed by atoms with Crippen LogP contribution < -0.4 is 0 Å². The molecule has 1 aromatic carbocycles. The lowest BCUT2D eigenvalue weighted by Crippen LogP contribution is -2.13. The monoisotopic (exact) mass is 261 g/mol. The number of hydrogen-bond acceptors (Lipinski definition) is 2. The van der Waals surface area contributed by atoms with E-state index in [1.54, 1.807) is 0 Å². The smallest absolute Gasteiger partial charge is 0.0755 e. The summed E-state index contributed by atoms with van der Waals surface area (Å²) in [6.45, 7) is 5.70. The molecule has 0 saturated heterocycles. The third-order valence-corrected chi connectivity index (χ3v) is 3.95. The van der Waals surface area contributed by atoms with Crippen molar-refractivity contribution in [3.05, 3.63) is 40.0 Å². The van der Waals surface area contributed by atoms with E-state index in [-0.39, 0.29) is 0 Å². The summed E-state index contributed by atoms with van der Waals surface area (Å²) >= 11 is 6.52. The van der Waals surface area contributed by atoms with E-state index >= 15 is 0 Å². The molecule has 0 atom stereocenters. The summed E-state index contributed by atoms with van der Waals surface area (Å²) in [6, 6.07) is 6.24. The minimum absolute atomic E-state index is 0.454. The van der Waals surface area contributed by atoms with Gasteiger partial charge in [-0.1, -0.05) is 43.6 Å². The van der Waals surface area contributed by atoms with Gasteiger partial charge >= 0.3 is 0 Å². The van der Waals surface area contributed by atoms with Crippen LogP contribution in [0.2, 0.25) is 5.02 Å². The van der Waals surface area contributed by atoms with Gasteiger partial charge in [-0.15, -0.1) is 0 Å². The average molecular weight is 262 g/mol. The molecule has 0 bridgehead atoms. The molecule has 2 aromatic rings. The van der Waals surface area contributed by atoms with Crippen molar-refractivity contribution in [2.75, 3.05) is 6.61 Å². The third kappa shape index (κ3) is 1.80. The second kappa shape index (κ2) is 4.52. The molecule has 2 heterocycles. The first-order chi connectivity index (χ1) is 8.68. The molecule has 0 aliphatic carbocycles. The van der Waals surface area contributed by atoms with E-state index in [1.165, 1.54) is 5.56 Å². The lowest BCUT2D eigenvalue weighted by atomic mass is 9.97. The fraction of sp³-hybridized carbons (Fsp3) is 0.400. The van der Waals surface area contributed by atoms with Crippen LogP contribution in [0.15, 0.2) is 18.2 Å². The molecule has 0 N–H and O–H groups in total. The molecule has 3 heteroatoms. The van der Waals surface area contributed by atoms with Crippen molar-refractivity contribution in [3.8, 4) is 0 Å². The first-order valence-electron chi connectivity index (χ1n) is 6.36. The van der Waals surface area contributed by atoms with Gasteiger partial charge in [-0.3, -0.25) is 4.98 Å². The molecule has 0 radical (unpaired) electrons. The van der Waals surface area contributed by atoms with Gasteiger partial charge in [0.05, 0.1) is 29.4 Å². The Labute approximate surface area is 112 Å². The quantitative estimate of drug-likeness (QED) is 0.772. The Morgan fingerprint density at radius 2 is 2.17 bits per heavy atom. The van der Waals surface area contributed by atoms with Crippen LogP contribution in [0.1, 0.15) is 36.6 Å². The molecule has 0 saturated carbocycles. The Morgan fingerprint density at radius 3 is 2.94 bits per heavy atom. The summed E-state index contributed by atoms with van der Waals surface area (Å²) < 4.78 is 5.48. The molecule has 1 aliphatic heterocycles. The summed E-state index contributed by atoms with van der Waals surface area (Å²) in [5.74, 6) is 0.454. The van der Waals surface area contributed by atoms with E-state index in [9.17, 15) is 0 Å². The highest BCUT2D eigenvalue weighted by Gasteiger charge is 2.19. The maximum Gasteiger partial charge on any atom is 0.0755 e. The number of halogens is 1. The van der Waals surface area contributed by atoms with Gasteiger partial charge in [-0.05, 0) is 11.5 Å². The minimum Gasteiger partial charge on any atom is -0.376 e. The number of rotatable bonds is 1. The van der Waals surface area contributed by atoms with Crippen LogP contribution in [0.25, 0.3) is 10.9 Å². The number of para-hydroxylation sites is 1. The number of pyridine rings is 1. The summed E-state index contributed by atoms with van der Waals surface area (Å²) in [4.78, 5) is 4.83. The van der Waals surface area contributed by atoms with Gasteiger partial charge in [-0.25, -0.2) is 0 Å². The van der Waals surface area contributed by atoms with Crippen molar-refractivity contribution < 1.29 is 4.74 Å². The van der Waals surface area contributed by atoms with E-state index in [4.69, 9.17) is 21.3 Å². The van der Waals surface area contributed by atoms with Crippen molar-refractivity contribution in [1.82, 2.24) is 4.98 Å². The fourth-order valence-corrected chi connectivity index (χ4v) is 2.83. The molecule has 0 unspecified atom stereocenters. The Kier molecular flexibility index (Phi) is 3.00. The van der Waals surface area contributed by atoms with E-state index in [2.05, 4.69) is 26.0 Å². The average Bonchev–Trinajstić information content (AvgIpc) is 2.38.